The first-order chi connectivity index (χ1) is 5.72. The topological polar surface area (TPSA) is 40.1 Å². The van der Waals surface area contributed by atoms with Crippen molar-refractivity contribution in [3.8, 4) is 0 Å². The third-order valence-corrected chi connectivity index (χ3v) is 2.15. The van der Waals surface area contributed by atoms with E-state index in [1.54, 1.807) is 0 Å². The second kappa shape index (κ2) is 10.3. The predicted molar refractivity (Wildman–Crippen MR) is 47.5 cm³/mol. The summed E-state index contributed by atoms with van der Waals surface area (Å²) in [6.07, 6.45) is 5.72. The maximum atomic E-state index is 10.6. The van der Waals surface area contributed by atoms with Gasteiger partial charge in [-0.2, -0.15) is 0 Å². The average Bonchev–Trinajstić information content (AvgIpc) is 2.04. The SMILES string of the molecule is CCCCC(CCCC)C(=O)[O-].[Ag+]. The zero-order chi connectivity index (χ0) is 9.40. The van der Waals surface area contributed by atoms with Crippen molar-refractivity contribution in [2.24, 2.45) is 5.92 Å². The summed E-state index contributed by atoms with van der Waals surface area (Å²) in [5.74, 6) is -1.07. The molecule has 0 aliphatic carbocycles. The monoisotopic (exact) mass is 278 g/mol. The molecule has 0 aromatic carbocycles. The average molecular weight is 279 g/mol. The molecular weight excluding hydrogens is 260 g/mol. The van der Waals surface area contributed by atoms with E-state index in [1.807, 2.05) is 0 Å². The number of hydrogen-bond donors (Lipinski definition) is 0. The van der Waals surface area contributed by atoms with Gasteiger partial charge < -0.3 is 9.90 Å². The van der Waals surface area contributed by atoms with E-state index in [0.717, 1.165) is 38.5 Å². The summed E-state index contributed by atoms with van der Waals surface area (Å²) in [6.45, 7) is 4.15. The molecule has 0 bridgehead atoms. The van der Waals surface area contributed by atoms with Crippen molar-refractivity contribution in [3.63, 3.8) is 0 Å². The zero-order valence-electron chi connectivity index (χ0n) is 8.44. The Morgan fingerprint density at radius 1 is 1.15 bits per heavy atom. The molecule has 0 amide bonds. The van der Waals surface area contributed by atoms with Gasteiger partial charge in [0.1, 0.15) is 0 Å². The molecule has 0 fully saturated rings. The molecule has 2 nitrogen and oxygen atoms in total. The number of aliphatic carboxylic acids is 1. The first-order valence-electron chi connectivity index (χ1n) is 4.93. The summed E-state index contributed by atoms with van der Waals surface area (Å²) < 4.78 is 0. The van der Waals surface area contributed by atoms with E-state index in [2.05, 4.69) is 13.8 Å². The van der Waals surface area contributed by atoms with Gasteiger partial charge in [0.2, 0.25) is 0 Å². The fourth-order valence-corrected chi connectivity index (χ4v) is 1.28. The largest absolute Gasteiger partial charge is 1.00 e. The number of carboxylic acid groups (broad SMARTS) is 1. The molecule has 0 aromatic rings. The minimum Gasteiger partial charge on any atom is -0.550 e. The molecule has 0 rings (SSSR count). The van der Waals surface area contributed by atoms with E-state index < -0.39 is 5.97 Å². The van der Waals surface area contributed by atoms with Crippen LogP contribution in [0.25, 0.3) is 0 Å². The minimum absolute atomic E-state index is 0. The van der Waals surface area contributed by atoms with Gasteiger partial charge in [-0.25, -0.2) is 0 Å². The van der Waals surface area contributed by atoms with Crippen molar-refractivity contribution in [2.45, 2.75) is 52.4 Å². The number of hydrogen-bond acceptors (Lipinski definition) is 2. The van der Waals surface area contributed by atoms with Crippen LogP contribution in [0.4, 0.5) is 0 Å². The van der Waals surface area contributed by atoms with Gasteiger partial charge in [0.05, 0.1) is 0 Å². The van der Waals surface area contributed by atoms with Crippen LogP contribution in [0.2, 0.25) is 0 Å². The van der Waals surface area contributed by atoms with Crippen LogP contribution in [0.1, 0.15) is 52.4 Å². The smallest absolute Gasteiger partial charge is 0.550 e. The standard InChI is InChI=1S/C10H20O2.Ag/c1-3-5-7-9(10(11)12)8-6-4-2;/h9H,3-8H2,1-2H3,(H,11,12);/q;+1/p-1. The van der Waals surface area contributed by atoms with Crippen molar-refractivity contribution < 1.29 is 32.3 Å². The van der Waals surface area contributed by atoms with Crippen LogP contribution in [0.5, 0.6) is 0 Å². The fraction of sp³-hybridized carbons (Fsp3) is 0.900. The molecule has 0 atom stereocenters. The zero-order valence-corrected chi connectivity index (χ0v) is 9.92. The van der Waals surface area contributed by atoms with Crippen LogP contribution in [0.3, 0.4) is 0 Å². The summed E-state index contributed by atoms with van der Waals surface area (Å²) >= 11 is 0. The molecule has 3 heteroatoms. The molecule has 0 aliphatic heterocycles. The molecule has 0 spiro atoms. The molecule has 13 heavy (non-hydrogen) atoms. The Hall–Kier alpha value is 0.210. The Morgan fingerprint density at radius 2 is 1.54 bits per heavy atom. The second-order valence-electron chi connectivity index (χ2n) is 3.30. The number of carboxylic acids is 1. The van der Waals surface area contributed by atoms with E-state index in [0.29, 0.717) is 0 Å². The van der Waals surface area contributed by atoms with Crippen LogP contribution in [-0.4, -0.2) is 5.97 Å². The first kappa shape index (κ1) is 15.7. The van der Waals surface area contributed by atoms with Crippen molar-refractivity contribution in [1.29, 1.82) is 0 Å². The summed E-state index contributed by atoms with van der Waals surface area (Å²) in [4.78, 5) is 10.6. The Balaban J connectivity index is 0. The molecule has 0 aromatic heterocycles. The van der Waals surface area contributed by atoms with Crippen LogP contribution in [-0.2, 0) is 27.2 Å². The maximum Gasteiger partial charge on any atom is 1.00 e. The maximum absolute atomic E-state index is 10.6. The Morgan fingerprint density at radius 3 is 1.77 bits per heavy atom. The van der Waals surface area contributed by atoms with Gasteiger partial charge >= 0.3 is 22.4 Å². The first-order valence-corrected chi connectivity index (χ1v) is 4.93. The van der Waals surface area contributed by atoms with Crippen molar-refractivity contribution in [1.82, 2.24) is 0 Å². The van der Waals surface area contributed by atoms with E-state index in [1.165, 1.54) is 0 Å². The molecule has 0 N–H and O–H groups in total. The Labute approximate surface area is 96.6 Å². The third-order valence-electron chi connectivity index (χ3n) is 2.15. The molecule has 0 heterocycles. The van der Waals surface area contributed by atoms with Crippen LogP contribution in [0, 0.1) is 5.92 Å². The quantitative estimate of drug-likeness (QED) is 0.666. The van der Waals surface area contributed by atoms with E-state index in [9.17, 15) is 9.90 Å². The van der Waals surface area contributed by atoms with Gasteiger partial charge in [-0.05, 0) is 18.8 Å². The van der Waals surface area contributed by atoms with Gasteiger partial charge in [-0.1, -0.05) is 39.5 Å². The van der Waals surface area contributed by atoms with Gasteiger partial charge in [0.15, 0.2) is 0 Å². The molecule has 82 valence electrons. The number of carbonyl (C=O) groups excluding carboxylic acids is 1. The fourth-order valence-electron chi connectivity index (χ4n) is 1.28. The number of carbonyl (C=O) groups is 1. The summed E-state index contributed by atoms with van der Waals surface area (Å²) in [5, 5.41) is 10.6. The minimum atomic E-state index is -0.864. The molecule has 0 unspecified atom stereocenters. The third kappa shape index (κ3) is 8.54. The molecule has 0 radical (unpaired) electrons. The van der Waals surface area contributed by atoms with Crippen LogP contribution in [0.15, 0.2) is 0 Å². The van der Waals surface area contributed by atoms with E-state index in [4.69, 9.17) is 0 Å². The van der Waals surface area contributed by atoms with E-state index >= 15 is 0 Å². The van der Waals surface area contributed by atoms with Crippen molar-refractivity contribution >= 4 is 5.97 Å². The normalized spacial score (nSPS) is 9.77. The second-order valence-corrected chi connectivity index (χ2v) is 3.30. The van der Waals surface area contributed by atoms with Gasteiger partial charge in [-0.3, -0.25) is 0 Å². The van der Waals surface area contributed by atoms with Gasteiger partial charge in [0.25, 0.3) is 0 Å². The van der Waals surface area contributed by atoms with Gasteiger partial charge in [-0.15, -0.1) is 0 Å². The predicted octanol–water partition coefficient (Wildman–Crippen LogP) is 1.73. The molecule has 0 aliphatic rings. The molecular formula is C10H19AgO2. The van der Waals surface area contributed by atoms with Crippen LogP contribution < -0.4 is 5.11 Å². The number of unbranched alkanes of at least 4 members (excludes halogenated alkanes) is 2. The Kier molecular flexibility index (Phi) is 12.4. The van der Waals surface area contributed by atoms with E-state index in [-0.39, 0.29) is 28.3 Å². The van der Waals surface area contributed by atoms with Crippen molar-refractivity contribution in [3.05, 3.63) is 0 Å². The summed E-state index contributed by atoms with van der Waals surface area (Å²) in [7, 11) is 0. The van der Waals surface area contributed by atoms with Gasteiger partial charge in [0, 0.05) is 5.97 Å². The van der Waals surface area contributed by atoms with Crippen molar-refractivity contribution in [2.75, 3.05) is 0 Å². The molecule has 0 saturated carbocycles. The number of rotatable bonds is 7. The molecule has 0 saturated heterocycles. The summed E-state index contributed by atoms with van der Waals surface area (Å²) in [6, 6.07) is 0. The summed E-state index contributed by atoms with van der Waals surface area (Å²) in [5.41, 5.74) is 0. The van der Waals surface area contributed by atoms with Crippen LogP contribution >= 0.6 is 0 Å². The Bertz CT molecular complexity index is 118.